The van der Waals surface area contributed by atoms with Gasteiger partial charge in [0.15, 0.2) is 35.7 Å². The predicted molar refractivity (Wildman–Crippen MR) is 135 cm³/mol. The monoisotopic (exact) mass is 540 g/mol. The Labute approximate surface area is 220 Å². The summed E-state index contributed by atoms with van der Waals surface area (Å²) in [6.07, 6.45) is -2.00. The third-order valence-electron chi connectivity index (χ3n) is 6.14. The number of anilines is 2. The lowest BCUT2D eigenvalue weighted by Gasteiger charge is -2.31. The molecule has 1 saturated heterocycles. The number of nitrogens with two attached hydrogens (primary N) is 1. The molecule has 0 radical (unpaired) electrons. The smallest absolute Gasteiger partial charge is 0.313 e. The van der Waals surface area contributed by atoms with Crippen molar-refractivity contribution < 1.29 is 37.7 Å². The van der Waals surface area contributed by atoms with Crippen LogP contribution in [0.15, 0.2) is 6.33 Å². The quantitative estimate of drug-likeness (QED) is 0.257. The molecule has 14 heteroatoms. The van der Waals surface area contributed by atoms with E-state index in [0.717, 1.165) is 0 Å². The number of carbonyl (C=O) groups excluding carboxylic acids is 2. The van der Waals surface area contributed by atoms with Crippen LogP contribution in [-0.2, 0) is 33.3 Å². The van der Waals surface area contributed by atoms with Gasteiger partial charge in [-0.3, -0.25) is 14.2 Å². The molecule has 212 valence electrons. The Bertz CT molecular complexity index is 1160. The molecule has 4 atom stereocenters. The number of nitrogens with one attached hydrogen (secondary N) is 1. The Morgan fingerprint density at radius 3 is 2.53 bits per heavy atom. The van der Waals surface area contributed by atoms with E-state index in [-0.39, 0.29) is 31.6 Å². The normalized spacial score (nSPS) is 24.0. The summed E-state index contributed by atoms with van der Waals surface area (Å²) in [5.41, 5.74) is 2.58. The largest absolute Gasteiger partial charge is 0.469 e. The molecule has 0 aromatic carbocycles. The molecule has 0 bridgehead atoms. The second-order valence-corrected chi connectivity index (χ2v) is 11.0. The van der Waals surface area contributed by atoms with Crippen LogP contribution in [-0.4, -0.2) is 83.5 Å². The first-order valence-electron chi connectivity index (χ1n) is 12.1. The minimum Gasteiger partial charge on any atom is -0.469 e. The molecule has 1 aliphatic rings. The molecule has 13 nitrogen and oxygen atoms in total. The minimum atomic E-state index is -2.14. The minimum absolute atomic E-state index is 0.0321. The van der Waals surface area contributed by atoms with E-state index in [2.05, 4.69) is 20.3 Å². The number of carbonyl (C=O) groups is 2. The van der Waals surface area contributed by atoms with Crippen LogP contribution >= 0.6 is 0 Å². The van der Waals surface area contributed by atoms with Gasteiger partial charge in [0.1, 0.15) is 12.2 Å². The van der Waals surface area contributed by atoms with Crippen LogP contribution in [0.3, 0.4) is 0 Å². The van der Waals surface area contributed by atoms with Gasteiger partial charge < -0.3 is 34.7 Å². The van der Waals surface area contributed by atoms with Crippen LogP contribution < -0.4 is 11.1 Å². The summed E-state index contributed by atoms with van der Waals surface area (Å²) in [6.45, 7) is 9.05. The van der Waals surface area contributed by atoms with Gasteiger partial charge in [-0.25, -0.2) is 9.37 Å². The highest BCUT2D eigenvalue weighted by atomic mass is 19.1. The topological polar surface area (TPSA) is 162 Å². The first-order valence-corrected chi connectivity index (χ1v) is 12.1. The molecule has 1 fully saturated rings. The first-order chi connectivity index (χ1) is 17.6. The maximum absolute atomic E-state index is 16.6. The number of rotatable bonds is 10. The lowest BCUT2D eigenvalue weighted by atomic mass is 9.93. The van der Waals surface area contributed by atoms with Gasteiger partial charge in [-0.05, 0) is 41.5 Å². The number of esters is 2. The fourth-order valence-corrected chi connectivity index (χ4v) is 4.00. The zero-order chi connectivity index (χ0) is 28.5. The second kappa shape index (κ2) is 10.9. The fraction of sp³-hybridized carbons (Fsp3) is 0.708. The van der Waals surface area contributed by atoms with E-state index in [4.69, 9.17) is 29.4 Å². The average Bonchev–Trinajstić information content (AvgIpc) is 3.35. The third kappa shape index (κ3) is 5.97. The number of aromatic nitrogens is 4. The number of imidazole rings is 1. The van der Waals surface area contributed by atoms with E-state index in [1.165, 1.54) is 24.9 Å². The Hall–Kier alpha value is -3.10. The van der Waals surface area contributed by atoms with E-state index in [1.807, 2.05) is 0 Å². The van der Waals surface area contributed by atoms with E-state index in [9.17, 15) is 9.59 Å². The van der Waals surface area contributed by atoms with Gasteiger partial charge in [0.2, 0.25) is 5.95 Å². The zero-order valence-corrected chi connectivity index (χ0v) is 23.0. The van der Waals surface area contributed by atoms with E-state index in [0.29, 0.717) is 11.3 Å². The molecule has 2 aromatic heterocycles. The van der Waals surface area contributed by atoms with Crippen molar-refractivity contribution in [3.05, 3.63) is 6.33 Å². The summed E-state index contributed by atoms with van der Waals surface area (Å²) in [5.74, 6) is -0.621. The molecule has 0 saturated carbocycles. The number of nitrogens with zero attached hydrogens (tertiary/aromatic N) is 4. The van der Waals surface area contributed by atoms with Crippen LogP contribution in [0.5, 0.6) is 0 Å². The number of alkyl halides is 1. The highest BCUT2D eigenvalue weighted by Gasteiger charge is 2.57. The van der Waals surface area contributed by atoms with Crippen LogP contribution in [0.25, 0.3) is 11.2 Å². The number of hydrogen-bond donors (Lipinski definition) is 2. The predicted octanol–water partition coefficient (Wildman–Crippen LogP) is 2.22. The van der Waals surface area contributed by atoms with Gasteiger partial charge in [-0.15, -0.1) is 0 Å². The molecule has 1 aliphatic heterocycles. The summed E-state index contributed by atoms with van der Waals surface area (Å²) in [7, 11) is 2.92. The van der Waals surface area contributed by atoms with Crippen molar-refractivity contribution in [1.29, 1.82) is 0 Å². The number of ether oxygens (including phenoxy) is 5. The Balaban J connectivity index is 1.88. The molecule has 3 N–H and O–H groups in total. The maximum atomic E-state index is 16.6. The van der Waals surface area contributed by atoms with Crippen LogP contribution in [0, 0.1) is 10.8 Å². The lowest BCUT2D eigenvalue weighted by Crippen LogP contribution is -2.45. The summed E-state index contributed by atoms with van der Waals surface area (Å²) >= 11 is 0. The van der Waals surface area contributed by atoms with Gasteiger partial charge in [0, 0.05) is 7.05 Å². The summed E-state index contributed by atoms with van der Waals surface area (Å²) in [5, 5.41) is 2.89. The van der Waals surface area contributed by atoms with Crippen molar-refractivity contribution in [3.63, 3.8) is 0 Å². The highest BCUT2D eigenvalue weighted by Crippen LogP contribution is 2.45. The van der Waals surface area contributed by atoms with E-state index in [1.54, 1.807) is 41.7 Å². The van der Waals surface area contributed by atoms with Crippen LogP contribution in [0.4, 0.5) is 16.2 Å². The average molecular weight is 541 g/mol. The first kappa shape index (κ1) is 29.5. The van der Waals surface area contributed by atoms with Crippen molar-refractivity contribution in [2.45, 2.75) is 65.6 Å². The van der Waals surface area contributed by atoms with Crippen molar-refractivity contribution in [2.75, 3.05) is 45.2 Å². The number of hydrogen-bond acceptors (Lipinski definition) is 12. The fourth-order valence-electron chi connectivity index (χ4n) is 4.00. The van der Waals surface area contributed by atoms with Gasteiger partial charge in [0.05, 0.1) is 37.5 Å². The molecule has 38 heavy (non-hydrogen) atoms. The van der Waals surface area contributed by atoms with E-state index < -0.39 is 46.9 Å². The van der Waals surface area contributed by atoms with Gasteiger partial charge >= 0.3 is 11.9 Å². The summed E-state index contributed by atoms with van der Waals surface area (Å²) in [4.78, 5) is 36.9. The molecule has 0 spiro atoms. The van der Waals surface area contributed by atoms with Gasteiger partial charge in [-0.1, -0.05) is 0 Å². The SMILES string of the molecule is CNc1nc(N)nc2c1ncn2[C@@H]1O[C@H](COCOC(=O)C(C)(C)C)[C@@H](OCC(C)(C)C(=O)OC)[C@@]1(C)F. The maximum Gasteiger partial charge on any atom is 0.313 e. The lowest BCUT2D eigenvalue weighted by molar-refractivity contribution is -0.171. The second-order valence-electron chi connectivity index (χ2n) is 11.0. The van der Waals surface area contributed by atoms with Crippen molar-refractivity contribution in [1.82, 2.24) is 19.5 Å². The van der Waals surface area contributed by atoms with Crippen molar-refractivity contribution in [3.8, 4) is 0 Å². The van der Waals surface area contributed by atoms with Crippen molar-refractivity contribution >= 4 is 34.9 Å². The Morgan fingerprint density at radius 2 is 1.92 bits per heavy atom. The summed E-state index contributed by atoms with van der Waals surface area (Å²) < 4.78 is 45.6. The zero-order valence-electron chi connectivity index (χ0n) is 23.0. The number of halogens is 1. The van der Waals surface area contributed by atoms with Crippen molar-refractivity contribution in [2.24, 2.45) is 10.8 Å². The Kier molecular flexibility index (Phi) is 8.48. The number of methoxy groups -OCH3 is 1. The molecule has 2 aromatic rings. The number of fused-ring (bicyclic) bond motifs is 1. The van der Waals surface area contributed by atoms with Gasteiger partial charge in [-0.2, -0.15) is 9.97 Å². The Morgan fingerprint density at radius 1 is 1.24 bits per heavy atom. The molecular weight excluding hydrogens is 503 g/mol. The molecule has 0 aliphatic carbocycles. The molecule has 3 rings (SSSR count). The van der Waals surface area contributed by atoms with Crippen LogP contribution in [0.1, 0.15) is 47.8 Å². The molecule has 3 heterocycles. The van der Waals surface area contributed by atoms with Gasteiger partial charge in [0.25, 0.3) is 0 Å². The third-order valence-corrected chi connectivity index (χ3v) is 6.14. The van der Waals surface area contributed by atoms with Crippen LogP contribution in [0.2, 0.25) is 0 Å². The standard InChI is InChI=1S/C24H37FN6O7/c1-22(2,3)19(32)37-12-35-9-13-15(36-10-23(4,5)20(33)34-8)24(6,25)18(38-13)31-11-28-14-16(27-7)29-21(26)30-17(14)31/h11,13,15,18H,9-10,12H2,1-8H3,(H3,26,27,29,30)/t13-,15-,18-,24-/m1/s1. The molecule has 0 amide bonds. The highest BCUT2D eigenvalue weighted by molar-refractivity contribution is 5.84. The summed E-state index contributed by atoms with van der Waals surface area (Å²) in [6, 6.07) is 0. The molecular formula is C24H37FN6O7. The van der Waals surface area contributed by atoms with E-state index >= 15 is 4.39 Å². The molecule has 0 unspecified atom stereocenters. The number of nitrogen functional groups attached to an aromatic ring is 1.